The van der Waals surface area contributed by atoms with Crippen LogP contribution in [-0.2, 0) is 22.7 Å². The predicted octanol–water partition coefficient (Wildman–Crippen LogP) is 1.92. The number of fused-ring (bicyclic) bond motifs is 1. The van der Waals surface area contributed by atoms with Crippen LogP contribution in [0.2, 0.25) is 0 Å². The number of ether oxygens (including phenoxy) is 1. The van der Waals surface area contributed by atoms with Gasteiger partial charge >= 0.3 is 0 Å². The number of nitrogens with zero attached hydrogens (tertiary/aromatic N) is 4. The molecule has 9 nitrogen and oxygen atoms in total. The molecule has 9 heteroatoms. The van der Waals surface area contributed by atoms with Crippen molar-refractivity contribution in [3.63, 3.8) is 0 Å². The number of imide groups is 1. The van der Waals surface area contributed by atoms with E-state index in [0.717, 1.165) is 22.6 Å². The smallest absolute Gasteiger partial charge is 0.255 e. The topological polar surface area (TPSA) is 106 Å². The van der Waals surface area contributed by atoms with Crippen LogP contribution in [-0.4, -0.2) is 43.7 Å². The highest BCUT2D eigenvalue weighted by atomic mass is 16.5. The fourth-order valence-electron chi connectivity index (χ4n) is 3.99. The van der Waals surface area contributed by atoms with Crippen molar-refractivity contribution in [2.75, 3.05) is 0 Å². The maximum Gasteiger partial charge on any atom is 0.255 e. The molecule has 5 rings (SSSR count). The Morgan fingerprint density at radius 1 is 1.12 bits per heavy atom. The van der Waals surface area contributed by atoms with Crippen LogP contribution in [0.1, 0.15) is 40.0 Å². The van der Waals surface area contributed by atoms with Crippen molar-refractivity contribution in [1.82, 2.24) is 25.2 Å². The van der Waals surface area contributed by atoms with Crippen molar-refractivity contribution in [3.05, 3.63) is 71.0 Å². The molecule has 2 aliphatic rings. The Labute approximate surface area is 184 Å². The number of carbonyl (C=O) groups is 3. The van der Waals surface area contributed by atoms with Crippen molar-refractivity contribution in [2.45, 2.75) is 39.0 Å². The molecule has 0 spiro atoms. The molecule has 1 N–H and O–H groups in total. The Bertz CT molecular complexity index is 1220. The van der Waals surface area contributed by atoms with Gasteiger partial charge in [-0.15, -0.1) is 5.10 Å². The highest BCUT2D eigenvalue weighted by molar-refractivity contribution is 6.05. The van der Waals surface area contributed by atoms with Crippen LogP contribution >= 0.6 is 0 Å². The number of aryl methyl sites for hydroxylation is 1. The number of hydrogen-bond donors (Lipinski definition) is 1. The van der Waals surface area contributed by atoms with E-state index >= 15 is 0 Å². The van der Waals surface area contributed by atoms with E-state index < -0.39 is 11.9 Å². The third-order valence-corrected chi connectivity index (χ3v) is 5.72. The maximum atomic E-state index is 12.8. The minimum atomic E-state index is -0.632. The number of aromatic nitrogens is 3. The Morgan fingerprint density at radius 3 is 2.72 bits per heavy atom. The Kier molecular flexibility index (Phi) is 4.93. The van der Waals surface area contributed by atoms with Crippen molar-refractivity contribution in [1.29, 1.82) is 0 Å². The van der Waals surface area contributed by atoms with Gasteiger partial charge in [-0.2, -0.15) is 0 Å². The molecule has 1 atom stereocenters. The van der Waals surface area contributed by atoms with Crippen molar-refractivity contribution >= 4 is 17.7 Å². The molecule has 3 aromatic rings. The van der Waals surface area contributed by atoms with E-state index in [4.69, 9.17) is 4.74 Å². The molecule has 2 aliphatic heterocycles. The van der Waals surface area contributed by atoms with Gasteiger partial charge in [0, 0.05) is 18.5 Å². The number of carbonyl (C=O) groups excluding carboxylic acids is 3. The van der Waals surface area contributed by atoms with Crippen molar-refractivity contribution in [3.8, 4) is 11.4 Å². The van der Waals surface area contributed by atoms with Gasteiger partial charge in [-0.1, -0.05) is 22.9 Å². The van der Waals surface area contributed by atoms with E-state index in [1.165, 1.54) is 4.90 Å². The standard InChI is InChI=1S/C23H21N5O4/c1-14-2-5-18(6-3-14)32-13-16-12-28(26-25-16)17-4-7-19-15(10-17)11-27(23(19)31)20-8-9-21(29)24-22(20)30/h2-7,10,12,20H,8-9,11,13H2,1H3,(H,24,29,30). The lowest BCUT2D eigenvalue weighted by molar-refractivity contribution is -0.136. The first-order valence-electron chi connectivity index (χ1n) is 10.4. The number of nitrogens with one attached hydrogen (secondary N) is 1. The second-order valence-corrected chi connectivity index (χ2v) is 8.00. The molecule has 1 fully saturated rings. The minimum absolute atomic E-state index is 0.202. The Balaban J connectivity index is 1.29. The summed E-state index contributed by atoms with van der Waals surface area (Å²) in [5.74, 6) is -0.162. The Morgan fingerprint density at radius 2 is 1.94 bits per heavy atom. The zero-order valence-electron chi connectivity index (χ0n) is 17.4. The molecule has 0 saturated carbocycles. The van der Waals surface area contributed by atoms with Crippen LogP contribution in [0.4, 0.5) is 0 Å². The van der Waals surface area contributed by atoms with Gasteiger partial charge in [0.2, 0.25) is 11.8 Å². The van der Waals surface area contributed by atoms with Gasteiger partial charge in [0.1, 0.15) is 24.1 Å². The fourth-order valence-corrected chi connectivity index (χ4v) is 3.99. The van der Waals surface area contributed by atoms with Gasteiger partial charge < -0.3 is 9.64 Å². The Hall–Kier alpha value is -4.01. The van der Waals surface area contributed by atoms with Crippen LogP contribution in [0.3, 0.4) is 0 Å². The lowest BCUT2D eigenvalue weighted by Crippen LogP contribution is -2.52. The SMILES string of the molecule is Cc1ccc(OCc2cn(-c3ccc4c(c3)CN(C3CCC(=O)NC3=O)C4=O)nn2)cc1. The van der Waals surface area contributed by atoms with Crippen LogP contribution in [0.15, 0.2) is 48.7 Å². The third kappa shape index (κ3) is 3.73. The van der Waals surface area contributed by atoms with Crippen LogP contribution in [0, 0.1) is 6.92 Å². The first-order valence-corrected chi connectivity index (χ1v) is 10.4. The van der Waals surface area contributed by atoms with E-state index in [9.17, 15) is 14.4 Å². The summed E-state index contributed by atoms with van der Waals surface area (Å²) in [4.78, 5) is 38.0. The lowest BCUT2D eigenvalue weighted by atomic mass is 10.0. The molecule has 0 aliphatic carbocycles. The van der Waals surface area contributed by atoms with Gasteiger partial charge in [-0.05, 0) is 49.2 Å². The molecule has 1 aromatic heterocycles. The summed E-state index contributed by atoms with van der Waals surface area (Å²) < 4.78 is 7.39. The lowest BCUT2D eigenvalue weighted by Gasteiger charge is -2.29. The summed E-state index contributed by atoms with van der Waals surface area (Å²) in [6, 6.07) is 12.6. The number of hydrogen-bond acceptors (Lipinski definition) is 6. The van der Waals surface area contributed by atoms with Crippen LogP contribution in [0.5, 0.6) is 5.75 Å². The summed E-state index contributed by atoms with van der Waals surface area (Å²) in [7, 11) is 0. The molecule has 3 heterocycles. The normalized spacial score (nSPS) is 18.0. The van der Waals surface area contributed by atoms with Gasteiger partial charge in [0.25, 0.3) is 5.91 Å². The number of rotatable bonds is 5. The van der Waals surface area contributed by atoms with Gasteiger partial charge in [0.15, 0.2) is 0 Å². The van der Waals surface area contributed by atoms with Crippen molar-refractivity contribution in [2.24, 2.45) is 0 Å². The fraction of sp³-hybridized carbons (Fsp3) is 0.261. The summed E-state index contributed by atoms with van der Waals surface area (Å²) in [6.07, 6.45) is 2.35. The second kappa shape index (κ2) is 7.92. The highest BCUT2D eigenvalue weighted by Crippen LogP contribution is 2.29. The third-order valence-electron chi connectivity index (χ3n) is 5.72. The van der Waals surface area contributed by atoms with Gasteiger partial charge in [-0.3, -0.25) is 19.7 Å². The summed E-state index contributed by atoms with van der Waals surface area (Å²) in [5.41, 5.74) is 3.96. The minimum Gasteiger partial charge on any atom is -0.487 e. The zero-order valence-corrected chi connectivity index (χ0v) is 17.4. The average molecular weight is 431 g/mol. The van der Waals surface area contributed by atoms with E-state index in [0.29, 0.717) is 24.2 Å². The predicted molar refractivity (Wildman–Crippen MR) is 113 cm³/mol. The van der Waals surface area contributed by atoms with E-state index in [1.54, 1.807) is 23.0 Å². The van der Waals surface area contributed by atoms with E-state index in [-0.39, 0.29) is 24.8 Å². The molecule has 1 saturated heterocycles. The molecule has 3 amide bonds. The van der Waals surface area contributed by atoms with E-state index in [1.807, 2.05) is 37.3 Å². The quantitative estimate of drug-likeness (QED) is 0.619. The van der Waals surface area contributed by atoms with Crippen LogP contribution in [0.25, 0.3) is 5.69 Å². The molecule has 2 aromatic carbocycles. The first kappa shape index (κ1) is 19.9. The van der Waals surface area contributed by atoms with Gasteiger partial charge in [0.05, 0.1) is 11.9 Å². The van der Waals surface area contributed by atoms with Gasteiger partial charge in [-0.25, -0.2) is 4.68 Å². The summed E-state index contributed by atoms with van der Waals surface area (Å²) in [5, 5.41) is 10.7. The number of benzene rings is 2. The summed E-state index contributed by atoms with van der Waals surface area (Å²) in [6.45, 7) is 2.62. The molecule has 0 bridgehead atoms. The average Bonchev–Trinajstić information content (AvgIpc) is 3.38. The molecule has 0 radical (unpaired) electrons. The monoisotopic (exact) mass is 431 g/mol. The maximum absolute atomic E-state index is 12.8. The first-order chi connectivity index (χ1) is 15.5. The van der Waals surface area contributed by atoms with E-state index in [2.05, 4.69) is 15.6 Å². The zero-order chi connectivity index (χ0) is 22.2. The molecule has 162 valence electrons. The number of amides is 3. The molecule has 1 unspecified atom stereocenters. The largest absolute Gasteiger partial charge is 0.487 e. The molecular formula is C23H21N5O4. The summed E-state index contributed by atoms with van der Waals surface area (Å²) >= 11 is 0. The molecule has 32 heavy (non-hydrogen) atoms. The van der Waals surface area contributed by atoms with Crippen LogP contribution < -0.4 is 10.1 Å². The second-order valence-electron chi connectivity index (χ2n) is 8.00. The highest BCUT2D eigenvalue weighted by Gasteiger charge is 2.39. The number of piperidine rings is 1. The van der Waals surface area contributed by atoms with Crippen molar-refractivity contribution < 1.29 is 19.1 Å². The molecular weight excluding hydrogens is 410 g/mol.